The molecule has 0 heterocycles. The molecule has 0 saturated heterocycles. The van der Waals surface area contributed by atoms with Crippen molar-refractivity contribution in [3.63, 3.8) is 0 Å². The summed E-state index contributed by atoms with van der Waals surface area (Å²) >= 11 is 0. The zero-order chi connectivity index (χ0) is 17.3. The minimum absolute atomic E-state index is 0.136. The maximum absolute atomic E-state index is 11.9. The molecule has 3 rings (SSSR count). The molecule has 0 radical (unpaired) electrons. The molecule has 6 nitrogen and oxygen atoms in total. The van der Waals surface area contributed by atoms with Crippen LogP contribution < -0.4 is 10.1 Å². The van der Waals surface area contributed by atoms with Crippen molar-refractivity contribution in [1.82, 2.24) is 5.32 Å². The van der Waals surface area contributed by atoms with E-state index in [0.29, 0.717) is 24.7 Å². The SMILES string of the molecule is CS(=O)(=O)c1cccc(OCCCC(=O)N[C@@H]2C[C@H]3C[C@H]3C2=O)c1. The molecule has 0 unspecified atom stereocenters. The summed E-state index contributed by atoms with van der Waals surface area (Å²) < 4.78 is 28.5. The first kappa shape index (κ1) is 17.0. The molecule has 24 heavy (non-hydrogen) atoms. The number of sulfone groups is 1. The van der Waals surface area contributed by atoms with E-state index in [1.807, 2.05) is 0 Å². The second kappa shape index (κ2) is 6.55. The maximum atomic E-state index is 11.9. The van der Waals surface area contributed by atoms with Gasteiger partial charge >= 0.3 is 0 Å². The van der Waals surface area contributed by atoms with E-state index in [4.69, 9.17) is 4.74 Å². The summed E-state index contributed by atoms with van der Waals surface area (Å²) in [5, 5.41) is 2.79. The average molecular weight is 351 g/mol. The second-order valence-corrected chi connectivity index (χ2v) is 8.58. The van der Waals surface area contributed by atoms with Gasteiger partial charge in [0.05, 0.1) is 17.5 Å². The monoisotopic (exact) mass is 351 g/mol. The molecule has 7 heteroatoms. The summed E-state index contributed by atoms with van der Waals surface area (Å²) in [7, 11) is -3.27. The first-order valence-corrected chi connectivity index (χ1v) is 10.00. The Labute approximate surface area is 141 Å². The van der Waals surface area contributed by atoms with Crippen molar-refractivity contribution >= 4 is 21.5 Å². The van der Waals surface area contributed by atoms with E-state index in [2.05, 4.69) is 5.32 Å². The number of Topliss-reactive ketones (excluding diaryl/α,β-unsaturated/α-hetero) is 1. The van der Waals surface area contributed by atoms with Crippen LogP contribution in [0.5, 0.6) is 5.75 Å². The minimum Gasteiger partial charge on any atom is -0.494 e. The summed E-state index contributed by atoms with van der Waals surface area (Å²) in [6, 6.07) is 5.99. The third-order valence-electron chi connectivity index (χ3n) is 4.56. The Bertz CT molecular complexity index is 758. The average Bonchev–Trinajstić information content (AvgIpc) is 3.23. The Hall–Kier alpha value is -1.89. The summed E-state index contributed by atoms with van der Waals surface area (Å²) in [5.41, 5.74) is 0. The van der Waals surface area contributed by atoms with E-state index in [9.17, 15) is 18.0 Å². The summed E-state index contributed by atoms with van der Waals surface area (Å²) in [6.07, 6.45) is 3.70. The number of hydrogen-bond donors (Lipinski definition) is 1. The van der Waals surface area contributed by atoms with Crippen molar-refractivity contribution in [3.05, 3.63) is 24.3 Å². The molecule has 1 amide bonds. The molecule has 0 aromatic heterocycles. The van der Waals surface area contributed by atoms with Crippen LogP contribution in [-0.2, 0) is 19.4 Å². The Morgan fingerprint density at radius 1 is 1.33 bits per heavy atom. The lowest BCUT2D eigenvalue weighted by Gasteiger charge is -2.13. The van der Waals surface area contributed by atoms with Gasteiger partial charge in [-0.25, -0.2) is 8.42 Å². The van der Waals surface area contributed by atoms with E-state index >= 15 is 0 Å². The van der Waals surface area contributed by atoms with Gasteiger partial charge in [0.2, 0.25) is 5.91 Å². The quantitative estimate of drug-likeness (QED) is 0.749. The van der Waals surface area contributed by atoms with Crippen LogP contribution in [0.3, 0.4) is 0 Å². The molecule has 1 aromatic rings. The molecule has 0 aliphatic heterocycles. The predicted molar refractivity (Wildman–Crippen MR) is 87.4 cm³/mol. The van der Waals surface area contributed by atoms with E-state index in [1.54, 1.807) is 12.1 Å². The van der Waals surface area contributed by atoms with Gasteiger partial charge in [0.15, 0.2) is 15.6 Å². The molecule has 2 aliphatic rings. The highest BCUT2D eigenvalue weighted by Crippen LogP contribution is 2.49. The van der Waals surface area contributed by atoms with Crippen molar-refractivity contribution in [2.24, 2.45) is 11.8 Å². The summed E-state index contributed by atoms with van der Waals surface area (Å²) in [6.45, 7) is 0.310. The number of ketones is 1. The largest absolute Gasteiger partial charge is 0.494 e. The lowest BCUT2D eigenvalue weighted by molar-refractivity contribution is -0.127. The van der Waals surface area contributed by atoms with E-state index in [0.717, 1.165) is 19.1 Å². The van der Waals surface area contributed by atoms with Gasteiger partial charge in [-0.15, -0.1) is 0 Å². The van der Waals surface area contributed by atoms with Crippen LogP contribution in [0.25, 0.3) is 0 Å². The van der Waals surface area contributed by atoms with Crippen LogP contribution in [-0.4, -0.2) is 39.0 Å². The molecule has 0 spiro atoms. The highest BCUT2D eigenvalue weighted by atomic mass is 32.2. The van der Waals surface area contributed by atoms with Crippen molar-refractivity contribution in [2.75, 3.05) is 12.9 Å². The fourth-order valence-electron chi connectivity index (χ4n) is 3.15. The van der Waals surface area contributed by atoms with Gasteiger partial charge in [-0.2, -0.15) is 0 Å². The normalized spacial score (nSPS) is 25.2. The number of fused-ring (bicyclic) bond motifs is 1. The highest BCUT2D eigenvalue weighted by molar-refractivity contribution is 7.90. The number of ether oxygens (including phenoxy) is 1. The fourth-order valence-corrected chi connectivity index (χ4v) is 3.80. The molecular weight excluding hydrogens is 330 g/mol. The van der Waals surface area contributed by atoms with Gasteiger partial charge in [-0.1, -0.05) is 6.07 Å². The molecule has 2 fully saturated rings. The fraction of sp³-hybridized carbons (Fsp3) is 0.529. The standard InChI is InChI=1S/C17H21NO5S/c1-24(21,22)13-5-2-4-12(10-13)23-7-3-6-16(19)18-15-9-11-8-14(11)17(15)20/h2,4-5,10-11,14-15H,3,6-9H2,1H3,(H,18,19)/t11-,14-,15-/m1/s1. The van der Waals surface area contributed by atoms with Gasteiger partial charge in [0.1, 0.15) is 5.75 Å². The molecule has 3 atom stereocenters. The first-order chi connectivity index (χ1) is 11.3. The third kappa shape index (κ3) is 3.95. The molecule has 1 aromatic carbocycles. The number of benzene rings is 1. The second-order valence-electron chi connectivity index (χ2n) is 6.56. The molecule has 2 aliphatic carbocycles. The van der Waals surface area contributed by atoms with Crippen LogP contribution in [0.2, 0.25) is 0 Å². The van der Waals surface area contributed by atoms with Crippen molar-refractivity contribution in [1.29, 1.82) is 0 Å². The lowest BCUT2D eigenvalue weighted by Crippen LogP contribution is -2.39. The van der Waals surface area contributed by atoms with Crippen LogP contribution in [0.15, 0.2) is 29.2 Å². The first-order valence-electron chi connectivity index (χ1n) is 8.10. The zero-order valence-corrected chi connectivity index (χ0v) is 14.3. The summed E-state index contributed by atoms with van der Waals surface area (Å²) in [4.78, 5) is 23.9. The van der Waals surface area contributed by atoms with Crippen molar-refractivity contribution in [3.8, 4) is 5.75 Å². The van der Waals surface area contributed by atoms with Crippen LogP contribution in [0.4, 0.5) is 0 Å². The smallest absolute Gasteiger partial charge is 0.220 e. The Morgan fingerprint density at radius 2 is 2.12 bits per heavy atom. The third-order valence-corrected chi connectivity index (χ3v) is 5.67. The summed E-state index contributed by atoms with van der Waals surface area (Å²) in [5.74, 6) is 1.20. The zero-order valence-electron chi connectivity index (χ0n) is 13.5. The predicted octanol–water partition coefficient (Wildman–Crippen LogP) is 1.34. The molecular formula is C17H21NO5S. The van der Waals surface area contributed by atoms with Gasteiger partial charge in [-0.05, 0) is 43.4 Å². The van der Waals surface area contributed by atoms with Crippen LogP contribution >= 0.6 is 0 Å². The van der Waals surface area contributed by atoms with Gasteiger partial charge in [0, 0.05) is 18.6 Å². The number of amides is 1. The number of rotatable bonds is 7. The number of carbonyl (C=O) groups excluding carboxylic acids is 2. The van der Waals surface area contributed by atoms with Crippen molar-refractivity contribution < 1.29 is 22.7 Å². The molecule has 1 N–H and O–H groups in total. The Morgan fingerprint density at radius 3 is 2.79 bits per heavy atom. The van der Waals surface area contributed by atoms with Crippen molar-refractivity contribution in [2.45, 2.75) is 36.6 Å². The molecule has 130 valence electrons. The molecule has 2 saturated carbocycles. The van der Waals surface area contributed by atoms with E-state index in [-0.39, 0.29) is 35.0 Å². The number of carbonyl (C=O) groups is 2. The Balaban J connectivity index is 1.39. The lowest BCUT2D eigenvalue weighted by atomic mass is 10.1. The van der Waals surface area contributed by atoms with Gasteiger partial charge in [0.25, 0.3) is 0 Å². The van der Waals surface area contributed by atoms with Gasteiger partial charge in [-0.3, -0.25) is 9.59 Å². The minimum atomic E-state index is -3.27. The van der Waals surface area contributed by atoms with Crippen LogP contribution in [0, 0.1) is 11.8 Å². The highest BCUT2D eigenvalue weighted by Gasteiger charge is 2.53. The maximum Gasteiger partial charge on any atom is 0.220 e. The van der Waals surface area contributed by atoms with Gasteiger partial charge < -0.3 is 10.1 Å². The van der Waals surface area contributed by atoms with E-state index in [1.165, 1.54) is 12.1 Å². The number of hydrogen-bond acceptors (Lipinski definition) is 5. The van der Waals surface area contributed by atoms with Crippen LogP contribution in [0.1, 0.15) is 25.7 Å². The Kier molecular flexibility index (Phi) is 4.62. The molecule has 0 bridgehead atoms. The van der Waals surface area contributed by atoms with E-state index < -0.39 is 9.84 Å². The topological polar surface area (TPSA) is 89.5 Å². The number of nitrogens with one attached hydrogen (secondary N) is 1.